The first-order valence-corrected chi connectivity index (χ1v) is 12.0. The first-order valence-electron chi connectivity index (χ1n) is 12.0. The quantitative estimate of drug-likeness (QED) is 0.245. The maximum atomic E-state index is 3.84. The Kier molecular flexibility index (Phi) is 3.27. The lowest BCUT2D eigenvalue weighted by molar-refractivity contribution is 0.673. The molecule has 8 rings (SSSR count). The number of aromatic amines is 1. The van der Waals surface area contributed by atoms with Crippen molar-refractivity contribution in [3.8, 4) is 11.1 Å². The Morgan fingerprint density at radius 2 is 1.21 bits per heavy atom. The number of aromatic nitrogens is 1. The highest BCUT2D eigenvalue weighted by molar-refractivity contribution is 6.26. The largest absolute Gasteiger partial charge is 0.354 e. The second-order valence-electron chi connectivity index (χ2n) is 10.2. The fraction of sp³-hybridized carbons (Fsp3) is 0.0909. The molecule has 1 heteroatoms. The summed E-state index contributed by atoms with van der Waals surface area (Å²) in [6.45, 7) is 4.83. The summed E-state index contributed by atoms with van der Waals surface area (Å²) in [7, 11) is 0. The average molecular weight is 434 g/mol. The van der Waals surface area contributed by atoms with Gasteiger partial charge >= 0.3 is 0 Å². The molecule has 1 aromatic heterocycles. The summed E-state index contributed by atoms with van der Waals surface area (Å²) in [5.41, 5.74) is 8.04. The highest BCUT2D eigenvalue weighted by Gasteiger charge is 2.40. The van der Waals surface area contributed by atoms with Gasteiger partial charge in [-0.2, -0.15) is 0 Å². The van der Waals surface area contributed by atoms with Gasteiger partial charge in [0.2, 0.25) is 0 Å². The van der Waals surface area contributed by atoms with Crippen molar-refractivity contribution in [3.05, 3.63) is 108 Å². The number of hydrogen-bond donors (Lipinski definition) is 1. The van der Waals surface area contributed by atoms with Crippen LogP contribution in [0.15, 0.2) is 97.1 Å². The van der Waals surface area contributed by atoms with Crippen LogP contribution in [0.5, 0.6) is 0 Å². The van der Waals surface area contributed by atoms with Crippen LogP contribution in [-0.2, 0) is 5.41 Å². The van der Waals surface area contributed by atoms with Gasteiger partial charge in [0.05, 0.1) is 5.52 Å². The summed E-state index contributed by atoms with van der Waals surface area (Å²) in [4.78, 5) is 3.84. The maximum absolute atomic E-state index is 3.84. The van der Waals surface area contributed by atoms with Crippen molar-refractivity contribution in [2.75, 3.05) is 0 Å². The molecule has 0 bridgehead atoms. The topological polar surface area (TPSA) is 15.8 Å². The van der Waals surface area contributed by atoms with Gasteiger partial charge in [0, 0.05) is 27.1 Å². The Balaban J connectivity index is 1.66. The molecule has 6 aromatic carbocycles. The number of nitrogens with one attached hydrogen (secondary N) is 1. The molecule has 1 N–H and O–H groups in total. The minimum Gasteiger partial charge on any atom is -0.354 e. The zero-order valence-corrected chi connectivity index (χ0v) is 19.2. The zero-order chi connectivity index (χ0) is 22.6. The lowest BCUT2D eigenvalue weighted by atomic mass is 9.78. The van der Waals surface area contributed by atoms with Crippen LogP contribution in [0.25, 0.3) is 65.3 Å². The van der Waals surface area contributed by atoms with Gasteiger partial charge in [-0.25, -0.2) is 0 Å². The Hall–Kier alpha value is -4.10. The molecule has 0 amide bonds. The number of benzene rings is 6. The molecular formula is C33H23N. The summed E-state index contributed by atoms with van der Waals surface area (Å²) in [5.74, 6) is 0. The van der Waals surface area contributed by atoms with Gasteiger partial charge in [0.25, 0.3) is 0 Å². The summed E-state index contributed by atoms with van der Waals surface area (Å²) < 4.78 is 0. The van der Waals surface area contributed by atoms with Crippen LogP contribution < -0.4 is 0 Å². The maximum Gasteiger partial charge on any atom is 0.0548 e. The number of rotatable bonds is 0. The molecule has 7 aromatic rings. The first kappa shape index (κ1) is 18.3. The third-order valence-electron chi connectivity index (χ3n) is 8.08. The van der Waals surface area contributed by atoms with E-state index in [2.05, 4.69) is 116 Å². The van der Waals surface area contributed by atoms with Crippen LogP contribution in [0.1, 0.15) is 25.0 Å². The number of fused-ring (bicyclic) bond motifs is 13. The molecule has 1 nitrogen and oxygen atoms in total. The molecule has 0 saturated heterocycles. The molecule has 160 valence electrons. The van der Waals surface area contributed by atoms with Crippen LogP contribution in [0.2, 0.25) is 0 Å². The van der Waals surface area contributed by atoms with Crippen molar-refractivity contribution < 1.29 is 0 Å². The molecule has 0 atom stereocenters. The molecule has 0 spiro atoms. The highest BCUT2D eigenvalue weighted by Crippen LogP contribution is 2.57. The molecule has 1 aliphatic rings. The van der Waals surface area contributed by atoms with E-state index in [1.54, 1.807) is 0 Å². The smallest absolute Gasteiger partial charge is 0.0548 e. The zero-order valence-electron chi connectivity index (χ0n) is 19.2. The molecule has 0 aliphatic heterocycles. The van der Waals surface area contributed by atoms with E-state index in [0.29, 0.717) is 0 Å². The molecule has 1 aliphatic carbocycles. The molecule has 0 radical (unpaired) electrons. The van der Waals surface area contributed by atoms with Crippen LogP contribution >= 0.6 is 0 Å². The van der Waals surface area contributed by atoms with Gasteiger partial charge in [-0.1, -0.05) is 98.8 Å². The van der Waals surface area contributed by atoms with Crippen LogP contribution in [0, 0.1) is 0 Å². The minimum atomic E-state index is -0.116. The van der Waals surface area contributed by atoms with Gasteiger partial charge in [-0.15, -0.1) is 0 Å². The number of hydrogen-bond acceptors (Lipinski definition) is 0. The summed E-state index contributed by atoms with van der Waals surface area (Å²) in [6.07, 6.45) is 0. The third kappa shape index (κ3) is 2.11. The van der Waals surface area contributed by atoms with E-state index in [4.69, 9.17) is 0 Å². The second-order valence-corrected chi connectivity index (χ2v) is 10.2. The Bertz CT molecular complexity index is 1980. The molecule has 0 fully saturated rings. The van der Waals surface area contributed by atoms with Gasteiger partial charge in [-0.3, -0.25) is 0 Å². The SMILES string of the molecule is CC1(C)c2c(ccc3ccccc23)-c2c1c1c3cc4ccccc4cc3[nH]c1c1ccccc21. The van der Waals surface area contributed by atoms with Gasteiger partial charge in [0.1, 0.15) is 0 Å². The van der Waals surface area contributed by atoms with E-state index in [0.717, 1.165) is 0 Å². The van der Waals surface area contributed by atoms with Crippen LogP contribution in [0.4, 0.5) is 0 Å². The van der Waals surface area contributed by atoms with E-state index in [1.165, 1.54) is 76.4 Å². The number of H-pyrrole nitrogens is 1. The molecular weight excluding hydrogens is 410 g/mol. The van der Waals surface area contributed by atoms with Crippen molar-refractivity contribution in [3.63, 3.8) is 0 Å². The van der Waals surface area contributed by atoms with E-state index >= 15 is 0 Å². The predicted molar refractivity (Wildman–Crippen MR) is 146 cm³/mol. The van der Waals surface area contributed by atoms with Gasteiger partial charge in [0.15, 0.2) is 0 Å². The third-order valence-corrected chi connectivity index (χ3v) is 8.08. The van der Waals surface area contributed by atoms with Crippen molar-refractivity contribution in [2.45, 2.75) is 19.3 Å². The van der Waals surface area contributed by atoms with Gasteiger partial charge in [-0.05, 0) is 61.3 Å². The molecule has 34 heavy (non-hydrogen) atoms. The van der Waals surface area contributed by atoms with E-state index < -0.39 is 0 Å². The first-order chi connectivity index (χ1) is 16.6. The molecule has 1 heterocycles. The van der Waals surface area contributed by atoms with Crippen molar-refractivity contribution in [1.29, 1.82) is 0 Å². The molecule has 0 saturated carbocycles. The normalized spacial score (nSPS) is 14.4. The fourth-order valence-electron chi connectivity index (χ4n) is 6.71. The Morgan fingerprint density at radius 3 is 2.00 bits per heavy atom. The van der Waals surface area contributed by atoms with Crippen LogP contribution in [0.3, 0.4) is 0 Å². The van der Waals surface area contributed by atoms with Crippen LogP contribution in [-0.4, -0.2) is 4.98 Å². The Labute approximate surface area is 197 Å². The predicted octanol–water partition coefficient (Wildman–Crippen LogP) is 9.09. The second kappa shape index (κ2) is 6.07. The van der Waals surface area contributed by atoms with Crippen molar-refractivity contribution in [2.24, 2.45) is 0 Å². The Morgan fingerprint density at radius 1 is 0.559 bits per heavy atom. The van der Waals surface area contributed by atoms with E-state index in [1.807, 2.05) is 0 Å². The van der Waals surface area contributed by atoms with E-state index in [9.17, 15) is 0 Å². The lowest BCUT2D eigenvalue weighted by Gasteiger charge is -2.24. The molecule has 0 unspecified atom stereocenters. The summed E-state index contributed by atoms with van der Waals surface area (Å²) in [6, 6.07) is 35.8. The minimum absolute atomic E-state index is 0.116. The average Bonchev–Trinajstić information content (AvgIpc) is 3.35. The standard InChI is InChI=1S/C33H23N/c1-33(2)30-22-12-6-5-9-19(22)15-16-25(30)28-23-13-7-8-14-24(23)32-29(31(28)33)26-17-20-10-3-4-11-21(20)18-27(26)34-32/h3-18,34H,1-2H3. The lowest BCUT2D eigenvalue weighted by Crippen LogP contribution is -2.16. The fourth-order valence-corrected chi connectivity index (χ4v) is 6.71. The summed E-state index contributed by atoms with van der Waals surface area (Å²) in [5, 5.41) is 10.6. The summed E-state index contributed by atoms with van der Waals surface area (Å²) >= 11 is 0. The monoisotopic (exact) mass is 433 g/mol. The van der Waals surface area contributed by atoms with Crippen molar-refractivity contribution >= 4 is 54.1 Å². The highest BCUT2D eigenvalue weighted by atomic mass is 14.7. The van der Waals surface area contributed by atoms with Crippen molar-refractivity contribution in [1.82, 2.24) is 4.98 Å². The van der Waals surface area contributed by atoms with Gasteiger partial charge < -0.3 is 4.98 Å². The van der Waals surface area contributed by atoms with E-state index in [-0.39, 0.29) is 5.41 Å².